The number of carbonyl (C=O) groups is 1. The number of nitriles is 1. The monoisotopic (exact) mass is 210 g/mol. The number of rotatable bonds is 2. The summed E-state index contributed by atoms with van der Waals surface area (Å²) in [6, 6.07) is 6.16. The van der Waals surface area contributed by atoms with Crippen LogP contribution in [0.25, 0.3) is 0 Å². The van der Waals surface area contributed by atoms with Crippen LogP contribution < -0.4 is 5.73 Å². The van der Waals surface area contributed by atoms with Crippen LogP contribution >= 0.6 is 11.6 Å². The van der Waals surface area contributed by atoms with Crippen LogP contribution in [0.5, 0.6) is 0 Å². The van der Waals surface area contributed by atoms with Gasteiger partial charge in [0.1, 0.15) is 6.07 Å². The van der Waals surface area contributed by atoms with Gasteiger partial charge >= 0.3 is 5.97 Å². The standard InChI is InChI=1S/C9H7ClN2O2/c10-6-1-2-8(12)7(5-6)9(13)14-4-3-11/h1-2,5H,4,12H2. The molecular weight excluding hydrogens is 204 g/mol. The van der Waals surface area contributed by atoms with E-state index in [1.165, 1.54) is 12.1 Å². The Morgan fingerprint density at radius 2 is 2.36 bits per heavy atom. The van der Waals surface area contributed by atoms with Gasteiger partial charge in [-0.2, -0.15) is 5.26 Å². The Hall–Kier alpha value is -1.73. The molecule has 14 heavy (non-hydrogen) atoms. The maximum absolute atomic E-state index is 11.3. The van der Waals surface area contributed by atoms with Crippen molar-refractivity contribution in [2.24, 2.45) is 0 Å². The molecule has 0 aliphatic carbocycles. The van der Waals surface area contributed by atoms with E-state index in [2.05, 4.69) is 4.74 Å². The van der Waals surface area contributed by atoms with Crippen molar-refractivity contribution < 1.29 is 9.53 Å². The maximum Gasteiger partial charge on any atom is 0.341 e. The van der Waals surface area contributed by atoms with Crippen LogP contribution in [0.4, 0.5) is 5.69 Å². The van der Waals surface area contributed by atoms with Crippen molar-refractivity contribution in [1.29, 1.82) is 5.26 Å². The van der Waals surface area contributed by atoms with Gasteiger partial charge in [0, 0.05) is 10.7 Å². The molecule has 0 aliphatic rings. The number of esters is 1. The van der Waals surface area contributed by atoms with Crippen molar-refractivity contribution >= 4 is 23.3 Å². The topological polar surface area (TPSA) is 76.1 Å². The molecule has 1 aromatic carbocycles. The predicted octanol–water partition coefficient (Wildman–Crippen LogP) is 1.60. The summed E-state index contributed by atoms with van der Waals surface area (Å²) in [6.45, 7) is -0.301. The van der Waals surface area contributed by atoms with Crippen molar-refractivity contribution in [3.05, 3.63) is 28.8 Å². The Morgan fingerprint density at radius 1 is 1.64 bits per heavy atom. The average Bonchev–Trinajstić information content (AvgIpc) is 2.18. The lowest BCUT2D eigenvalue weighted by Crippen LogP contribution is -2.08. The van der Waals surface area contributed by atoms with E-state index in [0.717, 1.165) is 0 Å². The number of nitrogens with zero attached hydrogens (tertiary/aromatic N) is 1. The molecular formula is C9H7ClN2O2. The van der Waals surface area contributed by atoms with Gasteiger partial charge in [0.05, 0.1) is 5.56 Å². The van der Waals surface area contributed by atoms with Crippen molar-refractivity contribution in [1.82, 2.24) is 0 Å². The quantitative estimate of drug-likeness (QED) is 0.594. The zero-order valence-electron chi connectivity index (χ0n) is 7.16. The summed E-state index contributed by atoms with van der Waals surface area (Å²) < 4.78 is 4.57. The van der Waals surface area contributed by atoms with Crippen LogP contribution in [0.1, 0.15) is 10.4 Å². The summed E-state index contributed by atoms with van der Waals surface area (Å²) >= 11 is 5.67. The van der Waals surface area contributed by atoms with Gasteiger partial charge in [-0.05, 0) is 18.2 Å². The van der Waals surface area contributed by atoms with Gasteiger partial charge in [0.2, 0.25) is 0 Å². The summed E-state index contributed by atoms with van der Waals surface area (Å²) in [4.78, 5) is 11.3. The first-order chi connectivity index (χ1) is 6.65. The number of hydrogen-bond acceptors (Lipinski definition) is 4. The Balaban J connectivity index is 2.90. The highest BCUT2D eigenvalue weighted by atomic mass is 35.5. The number of carbonyl (C=O) groups excluding carboxylic acids is 1. The lowest BCUT2D eigenvalue weighted by Gasteiger charge is -2.04. The Kier molecular flexibility index (Phi) is 3.32. The van der Waals surface area contributed by atoms with E-state index in [0.29, 0.717) is 5.02 Å². The minimum absolute atomic E-state index is 0.174. The molecule has 72 valence electrons. The Morgan fingerprint density at radius 3 is 3.00 bits per heavy atom. The van der Waals surface area contributed by atoms with E-state index in [4.69, 9.17) is 22.6 Å². The van der Waals surface area contributed by atoms with Crippen molar-refractivity contribution in [3.63, 3.8) is 0 Å². The van der Waals surface area contributed by atoms with Crippen molar-refractivity contribution in [2.45, 2.75) is 0 Å². The van der Waals surface area contributed by atoms with Gasteiger partial charge in [0.15, 0.2) is 6.61 Å². The largest absolute Gasteiger partial charge is 0.447 e. The second-order valence-corrected chi connectivity index (χ2v) is 2.90. The third kappa shape index (κ3) is 2.38. The van der Waals surface area contributed by atoms with E-state index < -0.39 is 5.97 Å². The highest BCUT2D eigenvalue weighted by molar-refractivity contribution is 6.31. The molecule has 0 aliphatic heterocycles. The van der Waals surface area contributed by atoms with E-state index in [1.807, 2.05) is 0 Å². The second kappa shape index (κ2) is 4.49. The normalized spacial score (nSPS) is 9.14. The van der Waals surface area contributed by atoms with Gasteiger partial charge in [0.25, 0.3) is 0 Å². The van der Waals surface area contributed by atoms with Crippen LogP contribution in [-0.2, 0) is 4.74 Å². The first-order valence-electron chi connectivity index (χ1n) is 3.74. The zero-order valence-corrected chi connectivity index (χ0v) is 7.91. The van der Waals surface area contributed by atoms with Crippen LogP contribution in [0, 0.1) is 11.3 Å². The number of nitrogen functional groups attached to an aromatic ring is 1. The maximum atomic E-state index is 11.3. The van der Waals surface area contributed by atoms with Crippen LogP contribution in [0.2, 0.25) is 5.02 Å². The van der Waals surface area contributed by atoms with Crippen LogP contribution in [-0.4, -0.2) is 12.6 Å². The smallest absolute Gasteiger partial charge is 0.341 e. The summed E-state index contributed by atoms with van der Waals surface area (Å²) in [5, 5.41) is 8.59. The first-order valence-corrected chi connectivity index (χ1v) is 4.12. The lowest BCUT2D eigenvalue weighted by molar-refractivity contribution is 0.0556. The molecule has 0 heterocycles. The molecule has 5 heteroatoms. The molecule has 1 aromatic rings. The number of hydrogen-bond donors (Lipinski definition) is 1. The second-order valence-electron chi connectivity index (χ2n) is 2.47. The molecule has 0 atom stereocenters. The van der Waals surface area contributed by atoms with E-state index in [9.17, 15) is 4.79 Å². The molecule has 2 N–H and O–H groups in total. The predicted molar refractivity (Wildman–Crippen MR) is 51.8 cm³/mol. The van der Waals surface area contributed by atoms with Gasteiger partial charge < -0.3 is 10.5 Å². The fourth-order valence-electron chi connectivity index (χ4n) is 0.881. The zero-order chi connectivity index (χ0) is 10.6. The van der Waals surface area contributed by atoms with Crippen molar-refractivity contribution in [3.8, 4) is 6.07 Å². The summed E-state index contributed by atoms with van der Waals surface area (Å²) in [5.41, 5.74) is 5.97. The molecule has 0 bridgehead atoms. The van der Waals surface area contributed by atoms with E-state index in [1.54, 1.807) is 12.1 Å². The highest BCUT2D eigenvalue weighted by Crippen LogP contribution is 2.18. The van der Waals surface area contributed by atoms with Gasteiger partial charge in [-0.1, -0.05) is 11.6 Å². The Labute approximate surface area is 85.8 Å². The number of benzene rings is 1. The SMILES string of the molecule is N#CCOC(=O)c1cc(Cl)ccc1N. The summed E-state index contributed by atoms with van der Waals surface area (Å²) in [5.74, 6) is -0.647. The van der Waals surface area contributed by atoms with Crippen LogP contribution in [0.3, 0.4) is 0 Å². The first kappa shape index (κ1) is 10.4. The Bertz CT molecular complexity index is 398. The van der Waals surface area contributed by atoms with Gasteiger partial charge in [-0.3, -0.25) is 0 Å². The fraction of sp³-hybridized carbons (Fsp3) is 0.111. The molecule has 0 amide bonds. The molecule has 0 saturated heterocycles. The summed E-state index contributed by atoms with van der Waals surface area (Å²) in [6.07, 6.45) is 0. The average molecular weight is 211 g/mol. The molecule has 0 aromatic heterocycles. The fourth-order valence-corrected chi connectivity index (χ4v) is 1.05. The van der Waals surface area contributed by atoms with E-state index >= 15 is 0 Å². The molecule has 0 unspecified atom stereocenters. The summed E-state index contributed by atoms with van der Waals surface area (Å²) in [7, 11) is 0. The molecule has 0 fully saturated rings. The van der Waals surface area contributed by atoms with E-state index in [-0.39, 0.29) is 17.9 Å². The minimum atomic E-state index is -0.647. The molecule has 0 radical (unpaired) electrons. The minimum Gasteiger partial charge on any atom is -0.447 e. The molecule has 1 rings (SSSR count). The number of ether oxygens (including phenoxy) is 1. The molecule has 4 nitrogen and oxygen atoms in total. The van der Waals surface area contributed by atoms with Gasteiger partial charge in [-0.25, -0.2) is 4.79 Å². The highest BCUT2D eigenvalue weighted by Gasteiger charge is 2.11. The third-order valence-corrected chi connectivity index (χ3v) is 1.74. The third-order valence-electron chi connectivity index (χ3n) is 1.50. The molecule has 0 saturated carbocycles. The van der Waals surface area contributed by atoms with Crippen molar-refractivity contribution in [2.75, 3.05) is 12.3 Å². The number of nitrogens with two attached hydrogens (primary N) is 1. The number of anilines is 1. The number of halogens is 1. The van der Waals surface area contributed by atoms with Crippen LogP contribution in [0.15, 0.2) is 18.2 Å². The molecule has 0 spiro atoms. The van der Waals surface area contributed by atoms with Gasteiger partial charge in [-0.15, -0.1) is 0 Å². The lowest BCUT2D eigenvalue weighted by atomic mass is 10.2.